The van der Waals surface area contributed by atoms with Gasteiger partial charge in [0.1, 0.15) is 0 Å². The van der Waals surface area contributed by atoms with E-state index in [-0.39, 0.29) is 7.12 Å². The molecule has 2 nitrogen and oxygen atoms in total. The van der Waals surface area contributed by atoms with Crippen molar-refractivity contribution in [3.8, 4) is 0 Å². The highest BCUT2D eigenvalue weighted by Crippen LogP contribution is 2.46. The number of rotatable bonds is 3. The molecule has 1 aliphatic carbocycles. The van der Waals surface area contributed by atoms with Crippen molar-refractivity contribution in [3.63, 3.8) is 0 Å². The standard InChI is InChI=1S/C6H13BO2/c1-5-4-6(5)7(8-2)9-3/h5-6H,4H2,1-3H3. The molecule has 1 fully saturated rings. The lowest BCUT2D eigenvalue weighted by atomic mass is 9.81. The second-order valence-electron chi connectivity index (χ2n) is 2.72. The monoisotopic (exact) mass is 128 g/mol. The van der Waals surface area contributed by atoms with Gasteiger partial charge in [-0.3, -0.25) is 0 Å². The van der Waals surface area contributed by atoms with Gasteiger partial charge in [-0.2, -0.15) is 0 Å². The van der Waals surface area contributed by atoms with Gasteiger partial charge in [-0.1, -0.05) is 6.92 Å². The van der Waals surface area contributed by atoms with Gasteiger partial charge >= 0.3 is 7.12 Å². The first-order valence-electron chi connectivity index (χ1n) is 3.35. The highest BCUT2D eigenvalue weighted by atomic mass is 16.6. The van der Waals surface area contributed by atoms with E-state index in [0.717, 1.165) is 5.92 Å². The normalized spacial score (nSPS) is 32.3. The molecule has 0 aromatic heterocycles. The van der Waals surface area contributed by atoms with Crippen LogP contribution in [0, 0.1) is 5.92 Å². The van der Waals surface area contributed by atoms with Crippen molar-refractivity contribution in [2.24, 2.45) is 5.92 Å². The zero-order valence-corrected chi connectivity index (χ0v) is 6.26. The molecule has 52 valence electrons. The van der Waals surface area contributed by atoms with Gasteiger partial charge in [0, 0.05) is 14.2 Å². The van der Waals surface area contributed by atoms with E-state index in [1.165, 1.54) is 6.42 Å². The quantitative estimate of drug-likeness (QED) is 0.531. The summed E-state index contributed by atoms with van der Waals surface area (Å²) in [6.45, 7) is 2.22. The largest absolute Gasteiger partial charge is 0.460 e. The average molecular weight is 128 g/mol. The lowest BCUT2D eigenvalue weighted by Crippen LogP contribution is -2.19. The maximum absolute atomic E-state index is 5.07. The minimum Gasteiger partial charge on any atom is -0.414 e. The van der Waals surface area contributed by atoms with E-state index in [1.807, 2.05) is 0 Å². The summed E-state index contributed by atoms with van der Waals surface area (Å²) in [6, 6.07) is 0. The molecule has 3 heteroatoms. The van der Waals surface area contributed by atoms with Crippen molar-refractivity contribution < 1.29 is 9.31 Å². The van der Waals surface area contributed by atoms with E-state index < -0.39 is 0 Å². The van der Waals surface area contributed by atoms with E-state index in [4.69, 9.17) is 9.31 Å². The van der Waals surface area contributed by atoms with Gasteiger partial charge in [0.15, 0.2) is 0 Å². The first-order chi connectivity index (χ1) is 4.29. The van der Waals surface area contributed by atoms with Crippen molar-refractivity contribution in [1.82, 2.24) is 0 Å². The average Bonchev–Trinajstić information content (AvgIpc) is 2.51. The zero-order valence-electron chi connectivity index (χ0n) is 6.26. The first kappa shape index (κ1) is 7.10. The summed E-state index contributed by atoms with van der Waals surface area (Å²) < 4.78 is 10.1. The zero-order chi connectivity index (χ0) is 6.85. The Balaban J connectivity index is 2.23. The molecule has 0 aromatic carbocycles. The first-order valence-corrected chi connectivity index (χ1v) is 3.35. The van der Waals surface area contributed by atoms with E-state index >= 15 is 0 Å². The van der Waals surface area contributed by atoms with Crippen LogP contribution in [0.25, 0.3) is 0 Å². The van der Waals surface area contributed by atoms with Crippen molar-refractivity contribution >= 4 is 7.12 Å². The van der Waals surface area contributed by atoms with Gasteiger partial charge < -0.3 is 9.31 Å². The molecule has 1 aliphatic rings. The van der Waals surface area contributed by atoms with Crippen LogP contribution in [0.15, 0.2) is 0 Å². The van der Waals surface area contributed by atoms with Crippen LogP contribution in [0.2, 0.25) is 5.82 Å². The second kappa shape index (κ2) is 2.71. The third-order valence-electron chi connectivity index (χ3n) is 1.99. The van der Waals surface area contributed by atoms with E-state index in [9.17, 15) is 0 Å². The van der Waals surface area contributed by atoms with Gasteiger partial charge in [-0.15, -0.1) is 0 Å². The molecule has 0 radical (unpaired) electrons. The van der Waals surface area contributed by atoms with Gasteiger partial charge in [0.25, 0.3) is 0 Å². The van der Waals surface area contributed by atoms with Crippen LogP contribution in [0.4, 0.5) is 0 Å². The fourth-order valence-electron chi connectivity index (χ4n) is 1.18. The van der Waals surface area contributed by atoms with Gasteiger partial charge in [0.2, 0.25) is 0 Å². The fourth-order valence-corrected chi connectivity index (χ4v) is 1.18. The summed E-state index contributed by atoms with van der Waals surface area (Å²) in [7, 11) is 3.43. The van der Waals surface area contributed by atoms with Crippen molar-refractivity contribution in [3.05, 3.63) is 0 Å². The molecule has 1 saturated carbocycles. The summed E-state index contributed by atoms with van der Waals surface area (Å²) in [6.07, 6.45) is 1.26. The molecule has 0 spiro atoms. The molecule has 9 heavy (non-hydrogen) atoms. The summed E-state index contributed by atoms with van der Waals surface area (Å²) >= 11 is 0. The molecular weight excluding hydrogens is 115 g/mol. The lowest BCUT2D eigenvalue weighted by molar-refractivity contribution is 0.274. The molecular formula is C6H13BO2. The van der Waals surface area contributed by atoms with Crippen LogP contribution in [-0.2, 0) is 9.31 Å². The maximum Gasteiger partial charge on any atom is 0.460 e. The van der Waals surface area contributed by atoms with E-state index in [1.54, 1.807) is 14.2 Å². The van der Waals surface area contributed by atoms with Gasteiger partial charge in [0.05, 0.1) is 0 Å². The molecule has 0 amide bonds. The van der Waals surface area contributed by atoms with Crippen LogP contribution in [0.3, 0.4) is 0 Å². The van der Waals surface area contributed by atoms with E-state index in [2.05, 4.69) is 6.92 Å². The number of hydrogen-bond acceptors (Lipinski definition) is 2. The maximum atomic E-state index is 5.07. The minimum atomic E-state index is 0.0417. The number of hydrogen-bond donors (Lipinski definition) is 0. The molecule has 0 aliphatic heterocycles. The molecule has 0 saturated heterocycles. The Morgan fingerprint density at radius 2 is 1.78 bits per heavy atom. The summed E-state index contributed by atoms with van der Waals surface area (Å²) in [5.41, 5.74) is 0. The fraction of sp³-hybridized carbons (Fsp3) is 1.00. The van der Waals surface area contributed by atoms with Crippen molar-refractivity contribution in [2.45, 2.75) is 19.2 Å². The highest BCUT2D eigenvalue weighted by molar-refractivity contribution is 6.47. The van der Waals surface area contributed by atoms with Crippen LogP contribution in [0.1, 0.15) is 13.3 Å². The predicted octanol–water partition coefficient (Wildman–Crippen LogP) is 1.18. The Morgan fingerprint density at radius 3 is 1.89 bits per heavy atom. The third-order valence-corrected chi connectivity index (χ3v) is 1.99. The molecule has 0 bridgehead atoms. The summed E-state index contributed by atoms with van der Waals surface area (Å²) in [4.78, 5) is 0. The second-order valence-corrected chi connectivity index (χ2v) is 2.72. The highest BCUT2D eigenvalue weighted by Gasteiger charge is 2.44. The Morgan fingerprint density at radius 1 is 1.33 bits per heavy atom. The Hall–Kier alpha value is -0.0151. The van der Waals surface area contributed by atoms with Crippen LogP contribution in [-0.4, -0.2) is 21.3 Å². The molecule has 0 N–H and O–H groups in total. The van der Waals surface area contributed by atoms with E-state index in [0.29, 0.717) is 5.82 Å². The van der Waals surface area contributed by atoms with Crippen molar-refractivity contribution in [2.75, 3.05) is 14.2 Å². The Bertz CT molecular complexity index is 93.1. The van der Waals surface area contributed by atoms with Crippen LogP contribution < -0.4 is 0 Å². The van der Waals surface area contributed by atoms with Crippen LogP contribution >= 0.6 is 0 Å². The molecule has 1 rings (SSSR count). The molecule has 0 heterocycles. The molecule has 2 unspecified atom stereocenters. The molecule has 2 atom stereocenters. The lowest BCUT2D eigenvalue weighted by Gasteiger charge is -2.05. The third kappa shape index (κ3) is 1.46. The topological polar surface area (TPSA) is 18.5 Å². The van der Waals surface area contributed by atoms with Crippen LogP contribution in [0.5, 0.6) is 0 Å². The smallest absolute Gasteiger partial charge is 0.414 e. The predicted molar refractivity (Wildman–Crippen MR) is 37.3 cm³/mol. The Kier molecular flexibility index (Phi) is 2.14. The van der Waals surface area contributed by atoms with Crippen molar-refractivity contribution in [1.29, 1.82) is 0 Å². The summed E-state index contributed by atoms with van der Waals surface area (Å²) in [5.74, 6) is 1.45. The van der Waals surface area contributed by atoms with Gasteiger partial charge in [-0.25, -0.2) is 0 Å². The van der Waals surface area contributed by atoms with Gasteiger partial charge in [-0.05, 0) is 18.2 Å². The SMILES string of the molecule is COB(OC)C1CC1C. The molecule has 0 aromatic rings. The minimum absolute atomic E-state index is 0.0417. The Labute approximate surface area is 56.7 Å². The summed E-state index contributed by atoms with van der Waals surface area (Å²) in [5, 5.41) is 0.